The highest BCUT2D eigenvalue weighted by Gasteiger charge is 2.16. The number of rotatable bonds is 4. The second kappa shape index (κ2) is 4.44. The fourth-order valence-corrected chi connectivity index (χ4v) is 1.79. The van der Waals surface area contributed by atoms with Gasteiger partial charge in [0.2, 0.25) is 5.65 Å². The van der Waals surface area contributed by atoms with Crippen LogP contribution in [0.5, 0.6) is 0 Å². The molecule has 6 heteroatoms. The number of hydrogen-bond acceptors (Lipinski definition) is 4. The summed E-state index contributed by atoms with van der Waals surface area (Å²) in [4.78, 5) is 14.0. The average molecular weight is 221 g/mol. The molecule has 0 aliphatic carbocycles. The Labute approximate surface area is 92.7 Å². The lowest BCUT2D eigenvalue weighted by atomic mass is 10.1. The lowest BCUT2D eigenvalue weighted by Gasteiger charge is -2.12. The zero-order valence-corrected chi connectivity index (χ0v) is 9.40. The van der Waals surface area contributed by atoms with Crippen molar-refractivity contribution >= 4 is 5.65 Å². The first-order valence-electron chi connectivity index (χ1n) is 5.37. The Balaban J connectivity index is 2.52. The number of H-pyrrole nitrogens is 1. The summed E-state index contributed by atoms with van der Waals surface area (Å²) in [6.07, 6.45) is 5.38. The maximum Gasteiger partial charge on any atom is 0.293 e. The molecule has 2 rings (SSSR count). The van der Waals surface area contributed by atoms with Gasteiger partial charge in [0.15, 0.2) is 5.82 Å². The van der Waals surface area contributed by atoms with E-state index in [1.54, 1.807) is 16.8 Å². The van der Waals surface area contributed by atoms with Gasteiger partial charge in [-0.3, -0.25) is 9.20 Å². The highest BCUT2D eigenvalue weighted by atomic mass is 16.1. The van der Waals surface area contributed by atoms with Gasteiger partial charge in [0.1, 0.15) is 0 Å². The summed E-state index contributed by atoms with van der Waals surface area (Å²) >= 11 is 0. The molecule has 6 nitrogen and oxygen atoms in total. The molecule has 16 heavy (non-hydrogen) atoms. The van der Waals surface area contributed by atoms with Crippen LogP contribution in [0.3, 0.4) is 0 Å². The Kier molecular flexibility index (Phi) is 3.00. The topological polar surface area (TPSA) is 75.1 Å². The predicted molar refractivity (Wildman–Crippen MR) is 60.3 cm³/mol. The minimum absolute atomic E-state index is 0.127. The van der Waals surface area contributed by atoms with Crippen LogP contribution < -0.4 is 10.9 Å². The average Bonchev–Trinajstić information content (AvgIpc) is 2.71. The molecule has 2 aromatic rings. The molecule has 0 bridgehead atoms. The standard InChI is InChI=1S/C10H15N5O/c1-3-4-7(11-2)8-13-14-9-10(16)12-5-6-15(8)9/h5-7,11H,3-4H2,1-2H3,(H,12,16). The van der Waals surface area contributed by atoms with Gasteiger partial charge in [0.25, 0.3) is 5.56 Å². The highest BCUT2D eigenvalue weighted by molar-refractivity contribution is 5.34. The summed E-state index contributed by atoms with van der Waals surface area (Å²) in [5, 5.41) is 11.2. The van der Waals surface area contributed by atoms with Crippen molar-refractivity contribution in [3.63, 3.8) is 0 Å². The first-order chi connectivity index (χ1) is 7.77. The van der Waals surface area contributed by atoms with Gasteiger partial charge in [0, 0.05) is 12.4 Å². The molecule has 0 radical (unpaired) electrons. The van der Waals surface area contributed by atoms with E-state index in [1.807, 2.05) is 7.05 Å². The second-order valence-corrected chi connectivity index (χ2v) is 3.67. The van der Waals surface area contributed by atoms with Crippen molar-refractivity contribution in [3.8, 4) is 0 Å². The Morgan fingerprint density at radius 3 is 3.06 bits per heavy atom. The Bertz CT molecular complexity index is 529. The second-order valence-electron chi connectivity index (χ2n) is 3.67. The quantitative estimate of drug-likeness (QED) is 0.787. The van der Waals surface area contributed by atoms with E-state index in [1.165, 1.54) is 0 Å². The van der Waals surface area contributed by atoms with Gasteiger partial charge in [0.05, 0.1) is 6.04 Å². The number of nitrogens with zero attached hydrogens (tertiary/aromatic N) is 3. The van der Waals surface area contributed by atoms with E-state index in [2.05, 4.69) is 27.4 Å². The van der Waals surface area contributed by atoms with Gasteiger partial charge in [-0.25, -0.2) is 0 Å². The van der Waals surface area contributed by atoms with Crippen molar-refractivity contribution in [1.82, 2.24) is 24.9 Å². The van der Waals surface area contributed by atoms with Crippen LogP contribution in [0.25, 0.3) is 5.65 Å². The maximum absolute atomic E-state index is 11.5. The third kappa shape index (κ3) is 1.71. The highest BCUT2D eigenvalue weighted by Crippen LogP contribution is 2.15. The molecule has 0 aliphatic heterocycles. The van der Waals surface area contributed by atoms with Crippen LogP contribution >= 0.6 is 0 Å². The molecule has 2 heterocycles. The number of aromatic nitrogens is 4. The van der Waals surface area contributed by atoms with Crippen LogP contribution in [0.1, 0.15) is 31.6 Å². The zero-order chi connectivity index (χ0) is 11.5. The van der Waals surface area contributed by atoms with Crippen molar-refractivity contribution in [2.45, 2.75) is 25.8 Å². The Hall–Kier alpha value is -1.69. The third-order valence-corrected chi connectivity index (χ3v) is 2.60. The summed E-state index contributed by atoms with van der Waals surface area (Å²) in [5.74, 6) is 0.783. The van der Waals surface area contributed by atoms with Crippen molar-refractivity contribution in [1.29, 1.82) is 0 Å². The number of nitrogens with one attached hydrogen (secondary N) is 2. The molecule has 0 amide bonds. The predicted octanol–water partition coefficient (Wildman–Crippen LogP) is 0.478. The fraction of sp³-hybridized carbons (Fsp3) is 0.500. The van der Waals surface area contributed by atoms with E-state index in [0.717, 1.165) is 18.7 Å². The van der Waals surface area contributed by atoms with Gasteiger partial charge in [-0.05, 0) is 13.5 Å². The van der Waals surface area contributed by atoms with Crippen molar-refractivity contribution in [2.24, 2.45) is 0 Å². The van der Waals surface area contributed by atoms with E-state index in [9.17, 15) is 4.79 Å². The van der Waals surface area contributed by atoms with Gasteiger partial charge >= 0.3 is 0 Å². The zero-order valence-electron chi connectivity index (χ0n) is 9.40. The molecule has 0 aliphatic rings. The van der Waals surface area contributed by atoms with Crippen LogP contribution in [-0.4, -0.2) is 26.6 Å². The molecule has 2 N–H and O–H groups in total. The molecule has 2 aromatic heterocycles. The summed E-state index contributed by atoms with van der Waals surface area (Å²) < 4.78 is 1.73. The van der Waals surface area contributed by atoms with E-state index in [0.29, 0.717) is 5.65 Å². The molecule has 1 atom stereocenters. The molecule has 0 fully saturated rings. The van der Waals surface area contributed by atoms with Crippen molar-refractivity contribution in [3.05, 3.63) is 28.6 Å². The first kappa shape index (κ1) is 10.8. The first-order valence-corrected chi connectivity index (χ1v) is 5.37. The molecule has 0 spiro atoms. The molecule has 86 valence electrons. The van der Waals surface area contributed by atoms with Crippen LogP contribution in [0.2, 0.25) is 0 Å². The summed E-state index contributed by atoms with van der Waals surface area (Å²) in [5.41, 5.74) is 0.126. The van der Waals surface area contributed by atoms with Crippen molar-refractivity contribution in [2.75, 3.05) is 7.05 Å². The van der Waals surface area contributed by atoms with Gasteiger partial charge in [-0.15, -0.1) is 10.2 Å². The molecular formula is C10H15N5O. The largest absolute Gasteiger partial charge is 0.324 e. The van der Waals surface area contributed by atoms with Gasteiger partial charge in [-0.2, -0.15) is 0 Å². The monoisotopic (exact) mass is 221 g/mol. The van der Waals surface area contributed by atoms with Gasteiger partial charge in [-0.1, -0.05) is 13.3 Å². The smallest absolute Gasteiger partial charge is 0.293 e. The number of fused-ring (bicyclic) bond motifs is 1. The van der Waals surface area contributed by atoms with E-state index < -0.39 is 0 Å². The SMILES string of the molecule is CCCC(NC)c1nnc2c(=O)[nH]ccn12. The fourth-order valence-electron chi connectivity index (χ4n) is 1.79. The summed E-state index contributed by atoms with van der Waals surface area (Å²) in [6, 6.07) is 0.127. The molecule has 0 saturated heterocycles. The van der Waals surface area contributed by atoms with E-state index >= 15 is 0 Å². The third-order valence-electron chi connectivity index (χ3n) is 2.60. The minimum Gasteiger partial charge on any atom is -0.324 e. The Morgan fingerprint density at radius 1 is 1.56 bits per heavy atom. The molecular weight excluding hydrogens is 206 g/mol. The molecule has 0 saturated carbocycles. The number of hydrogen-bond donors (Lipinski definition) is 2. The van der Waals surface area contributed by atoms with E-state index in [-0.39, 0.29) is 11.6 Å². The minimum atomic E-state index is -0.215. The summed E-state index contributed by atoms with van der Waals surface area (Å²) in [7, 11) is 1.88. The van der Waals surface area contributed by atoms with Crippen LogP contribution in [0, 0.1) is 0 Å². The maximum atomic E-state index is 11.5. The van der Waals surface area contributed by atoms with Crippen LogP contribution in [0.15, 0.2) is 17.2 Å². The van der Waals surface area contributed by atoms with Crippen LogP contribution in [-0.2, 0) is 0 Å². The lowest BCUT2D eigenvalue weighted by Crippen LogP contribution is -2.19. The van der Waals surface area contributed by atoms with Crippen LogP contribution in [0.4, 0.5) is 0 Å². The molecule has 1 unspecified atom stereocenters. The molecule has 0 aromatic carbocycles. The number of aromatic amines is 1. The van der Waals surface area contributed by atoms with Gasteiger partial charge < -0.3 is 10.3 Å². The normalized spacial score (nSPS) is 13.1. The van der Waals surface area contributed by atoms with E-state index in [4.69, 9.17) is 0 Å². The summed E-state index contributed by atoms with van der Waals surface area (Å²) in [6.45, 7) is 2.11. The Morgan fingerprint density at radius 2 is 2.38 bits per heavy atom. The van der Waals surface area contributed by atoms with Crippen molar-refractivity contribution < 1.29 is 0 Å². The lowest BCUT2D eigenvalue weighted by molar-refractivity contribution is 0.509.